The van der Waals surface area contributed by atoms with E-state index in [1.54, 1.807) is 0 Å². The number of likely N-dealkylation sites (N-methyl/N-ethyl adjacent to an activating group) is 1. The predicted molar refractivity (Wildman–Crippen MR) is 148 cm³/mol. The zero-order valence-electron chi connectivity index (χ0n) is 22.0. The molecule has 4 heteroatoms. The summed E-state index contributed by atoms with van der Waals surface area (Å²) in [4.78, 5) is 6.56. The molecule has 2 aromatic carbocycles. The van der Waals surface area contributed by atoms with E-state index in [1.807, 2.05) is 12.4 Å². The van der Waals surface area contributed by atoms with Crippen molar-refractivity contribution in [2.75, 3.05) is 19.0 Å². The van der Waals surface area contributed by atoms with E-state index < -0.39 is 0 Å². The van der Waals surface area contributed by atoms with Gasteiger partial charge in [0.25, 0.3) is 0 Å². The van der Waals surface area contributed by atoms with Gasteiger partial charge in [-0.15, -0.1) is 0 Å². The Morgan fingerprint density at radius 3 is 2.17 bits per heavy atom. The normalized spacial score (nSPS) is 19.0. The first-order valence-corrected chi connectivity index (χ1v) is 12.3. The molecule has 0 aliphatic carbocycles. The van der Waals surface area contributed by atoms with Crippen LogP contribution in [0.5, 0.6) is 0 Å². The smallest absolute Gasteiger partial charge is 0.209 e. The summed E-state index contributed by atoms with van der Waals surface area (Å²) < 4.78 is 2.32. The van der Waals surface area contributed by atoms with E-state index in [9.17, 15) is 0 Å². The van der Waals surface area contributed by atoms with Gasteiger partial charge in [0.05, 0.1) is 5.41 Å². The van der Waals surface area contributed by atoms with Gasteiger partial charge in [-0.3, -0.25) is 4.98 Å². The van der Waals surface area contributed by atoms with Crippen LogP contribution in [0.2, 0.25) is 0 Å². The molecule has 1 aromatic heterocycles. The second kappa shape index (κ2) is 9.67. The van der Waals surface area contributed by atoms with Crippen molar-refractivity contribution in [3.8, 4) is 0 Å². The van der Waals surface area contributed by atoms with Crippen LogP contribution < -0.4 is 21.9 Å². The molecule has 0 fully saturated rings. The predicted octanol–water partition coefficient (Wildman–Crippen LogP) is 4.04. The molecule has 2 aliphatic heterocycles. The summed E-state index contributed by atoms with van der Waals surface area (Å²) in [7, 11) is 4.33. The van der Waals surface area contributed by atoms with E-state index in [0.29, 0.717) is 0 Å². The summed E-state index contributed by atoms with van der Waals surface area (Å²) in [5.74, 6) is 0. The number of hydrogen-bond donors (Lipinski definition) is 0. The van der Waals surface area contributed by atoms with Crippen LogP contribution >= 0.6 is 0 Å². The largest absolute Gasteiger partial charge is 1.00 e. The lowest BCUT2D eigenvalue weighted by atomic mass is 9.81. The standard InChI is InChI=1S/C32H34N3.BrH/c1-31(2)25-11-7-9-13-27(25)34(5)29(31)17-15-23(24-19-21-33-22-20-24)16-18-30-32(3,4)26-12-8-10-14-28(26)35(30)6;/h7-22H,1-6H3;1H/q+1;/p-1. The van der Waals surface area contributed by atoms with E-state index in [0.717, 1.165) is 11.1 Å². The van der Waals surface area contributed by atoms with Gasteiger partial charge in [-0.1, -0.05) is 56.3 Å². The van der Waals surface area contributed by atoms with Gasteiger partial charge in [0.15, 0.2) is 5.71 Å². The maximum absolute atomic E-state index is 4.24. The Balaban J connectivity index is 0.00000304. The SMILES string of the molecule is CN1C(=CC=C(C=CC2=[N+](C)c3ccccc3C2(C)C)c2ccncc2)C(C)(C)c2ccccc21.[Br-]. The molecular weight excluding hydrogens is 506 g/mol. The molecule has 2 aliphatic rings. The number of pyridine rings is 1. The highest BCUT2D eigenvalue weighted by molar-refractivity contribution is 6.04. The number of para-hydroxylation sites is 2. The van der Waals surface area contributed by atoms with Crippen molar-refractivity contribution in [3.05, 3.63) is 120 Å². The molecule has 5 rings (SSSR count). The monoisotopic (exact) mass is 539 g/mol. The minimum absolute atomic E-state index is 0. The molecule has 0 bridgehead atoms. The molecule has 0 N–H and O–H groups in total. The molecule has 0 spiro atoms. The van der Waals surface area contributed by atoms with Gasteiger partial charge in [-0.25, -0.2) is 0 Å². The van der Waals surface area contributed by atoms with Crippen LogP contribution in [0.3, 0.4) is 0 Å². The summed E-state index contributed by atoms with van der Waals surface area (Å²) in [5, 5.41) is 0. The summed E-state index contributed by atoms with van der Waals surface area (Å²) in [6, 6.07) is 21.6. The minimum atomic E-state index is -0.0566. The Morgan fingerprint density at radius 2 is 1.50 bits per heavy atom. The average molecular weight is 541 g/mol. The van der Waals surface area contributed by atoms with Crippen molar-refractivity contribution >= 4 is 22.7 Å². The van der Waals surface area contributed by atoms with Gasteiger partial charge in [0.2, 0.25) is 5.69 Å². The topological polar surface area (TPSA) is 19.1 Å². The van der Waals surface area contributed by atoms with Crippen molar-refractivity contribution < 1.29 is 21.6 Å². The van der Waals surface area contributed by atoms with Crippen molar-refractivity contribution in [2.45, 2.75) is 38.5 Å². The van der Waals surface area contributed by atoms with Crippen LogP contribution in [-0.2, 0) is 10.8 Å². The van der Waals surface area contributed by atoms with E-state index in [-0.39, 0.29) is 27.8 Å². The van der Waals surface area contributed by atoms with Gasteiger partial charge in [-0.05, 0) is 60.9 Å². The van der Waals surface area contributed by atoms with Crippen LogP contribution in [0.25, 0.3) is 5.57 Å². The Labute approximate surface area is 226 Å². The molecule has 3 heterocycles. The van der Waals surface area contributed by atoms with Gasteiger partial charge < -0.3 is 21.9 Å². The minimum Gasteiger partial charge on any atom is -1.00 e. The number of rotatable bonds is 4. The number of hydrogen-bond acceptors (Lipinski definition) is 2. The third-order valence-corrected chi connectivity index (χ3v) is 7.74. The number of allylic oxidation sites excluding steroid dienone is 6. The maximum atomic E-state index is 4.24. The van der Waals surface area contributed by atoms with Crippen molar-refractivity contribution in [2.24, 2.45) is 0 Å². The lowest BCUT2D eigenvalue weighted by Crippen LogP contribution is -3.00. The van der Waals surface area contributed by atoms with Crippen LogP contribution in [-0.4, -0.2) is 29.4 Å². The van der Waals surface area contributed by atoms with E-state index in [4.69, 9.17) is 0 Å². The zero-order valence-corrected chi connectivity index (χ0v) is 23.5. The molecule has 0 amide bonds. The molecular formula is C32H34BrN3. The number of anilines is 1. The molecule has 0 saturated heterocycles. The first-order chi connectivity index (χ1) is 16.7. The zero-order chi connectivity index (χ0) is 24.8. The Hall–Kier alpha value is -3.24. The van der Waals surface area contributed by atoms with Gasteiger partial charge >= 0.3 is 0 Å². The Kier molecular flexibility index (Phi) is 6.94. The summed E-state index contributed by atoms with van der Waals surface area (Å²) in [6.07, 6.45) is 12.8. The average Bonchev–Trinajstić information content (AvgIpc) is 3.18. The fourth-order valence-electron chi connectivity index (χ4n) is 5.73. The maximum Gasteiger partial charge on any atom is 0.209 e. The molecule has 3 aromatic rings. The molecule has 36 heavy (non-hydrogen) atoms. The first kappa shape index (κ1) is 25.8. The lowest BCUT2D eigenvalue weighted by Gasteiger charge is -2.23. The van der Waals surface area contributed by atoms with Crippen LogP contribution in [0.4, 0.5) is 11.4 Å². The fraction of sp³-hybridized carbons (Fsp3) is 0.250. The van der Waals surface area contributed by atoms with Crippen LogP contribution in [0.15, 0.2) is 103 Å². The highest BCUT2D eigenvalue weighted by Gasteiger charge is 2.42. The summed E-state index contributed by atoms with van der Waals surface area (Å²) >= 11 is 0. The molecule has 184 valence electrons. The van der Waals surface area contributed by atoms with Crippen molar-refractivity contribution in [1.29, 1.82) is 0 Å². The van der Waals surface area contributed by atoms with Gasteiger partial charge in [-0.2, -0.15) is 4.58 Å². The van der Waals surface area contributed by atoms with Crippen LogP contribution in [0, 0.1) is 0 Å². The molecule has 0 radical (unpaired) electrons. The second-order valence-corrected chi connectivity index (χ2v) is 10.5. The van der Waals surface area contributed by atoms with E-state index in [1.165, 1.54) is 33.9 Å². The second-order valence-electron chi connectivity index (χ2n) is 10.5. The van der Waals surface area contributed by atoms with Crippen molar-refractivity contribution in [3.63, 3.8) is 0 Å². The molecule has 0 atom stereocenters. The summed E-state index contributed by atoms with van der Waals surface area (Å²) in [6.45, 7) is 9.22. The quantitative estimate of drug-likeness (QED) is 0.368. The number of nitrogens with zero attached hydrogens (tertiary/aromatic N) is 3. The number of halogens is 1. The fourth-order valence-corrected chi connectivity index (χ4v) is 5.73. The highest BCUT2D eigenvalue weighted by Crippen LogP contribution is 2.46. The molecule has 0 unspecified atom stereocenters. The van der Waals surface area contributed by atoms with Crippen molar-refractivity contribution in [1.82, 2.24) is 4.98 Å². The first-order valence-electron chi connectivity index (χ1n) is 12.3. The van der Waals surface area contributed by atoms with Gasteiger partial charge in [0, 0.05) is 53.9 Å². The third kappa shape index (κ3) is 4.18. The highest BCUT2D eigenvalue weighted by atomic mass is 79.9. The van der Waals surface area contributed by atoms with E-state index in [2.05, 4.69) is 141 Å². The number of benzene rings is 2. The summed E-state index contributed by atoms with van der Waals surface area (Å²) in [5.41, 5.74) is 10.1. The third-order valence-electron chi connectivity index (χ3n) is 7.74. The Morgan fingerprint density at radius 1 is 0.861 bits per heavy atom. The van der Waals surface area contributed by atoms with E-state index >= 15 is 0 Å². The lowest BCUT2D eigenvalue weighted by molar-refractivity contribution is -0.401. The number of fused-ring (bicyclic) bond motifs is 2. The number of aromatic nitrogens is 1. The van der Waals surface area contributed by atoms with Crippen LogP contribution in [0.1, 0.15) is 44.4 Å². The molecule has 3 nitrogen and oxygen atoms in total. The molecule has 0 saturated carbocycles. The Bertz CT molecular complexity index is 1410. The van der Waals surface area contributed by atoms with Gasteiger partial charge in [0.1, 0.15) is 7.05 Å².